The molecule has 0 saturated carbocycles. The molecule has 0 radical (unpaired) electrons. The van der Waals surface area contributed by atoms with Crippen molar-refractivity contribution in [3.63, 3.8) is 0 Å². The summed E-state index contributed by atoms with van der Waals surface area (Å²) in [6, 6.07) is 11.6. The van der Waals surface area contributed by atoms with E-state index in [1.54, 1.807) is 37.4 Å². The largest absolute Gasteiger partial charge is 0.497 e. The lowest BCUT2D eigenvalue weighted by molar-refractivity contribution is 0.0430. The van der Waals surface area contributed by atoms with Crippen molar-refractivity contribution in [2.24, 2.45) is 0 Å². The van der Waals surface area contributed by atoms with Crippen LogP contribution in [0.15, 0.2) is 42.5 Å². The summed E-state index contributed by atoms with van der Waals surface area (Å²) in [7, 11) is 1.56. The first-order chi connectivity index (χ1) is 12.6. The van der Waals surface area contributed by atoms with E-state index < -0.39 is 11.9 Å². The van der Waals surface area contributed by atoms with Crippen LogP contribution >= 0.6 is 0 Å². The van der Waals surface area contributed by atoms with Gasteiger partial charge in [0, 0.05) is 0 Å². The Morgan fingerprint density at radius 2 is 1.50 bits per heavy atom. The summed E-state index contributed by atoms with van der Waals surface area (Å²) in [6.45, 7) is -0.883. The summed E-state index contributed by atoms with van der Waals surface area (Å²) in [5.74, 6) is -0.652. The van der Waals surface area contributed by atoms with Crippen LogP contribution in [0.2, 0.25) is 0 Å². The number of hydrogen-bond donors (Lipinski definition) is 2. The maximum atomic E-state index is 12.4. The third kappa shape index (κ3) is 4.81. The molecule has 0 aliphatic carbocycles. The van der Waals surface area contributed by atoms with Gasteiger partial charge < -0.3 is 24.4 Å². The molecule has 0 heterocycles. The van der Waals surface area contributed by atoms with Gasteiger partial charge >= 0.3 is 11.9 Å². The van der Waals surface area contributed by atoms with E-state index in [2.05, 4.69) is 0 Å². The van der Waals surface area contributed by atoms with Crippen LogP contribution in [0.1, 0.15) is 20.7 Å². The number of benzene rings is 2. The van der Waals surface area contributed by atoms with Gasteiger partial charge in [-0.25, -0.2) is 9.59 Å². The van der Waals surface area contributed by atoms with Crippen LogP contribution < -0.4 is 4.74 Å². The van der Waals surface area contributed by atoms with Gasteiger partial charge in [-0.05, 0) is 35.4 Å². The predicted molar refractivity (Wildman–Crippen MR) is 93.2 cm³/mol. The van der Waals surface area contributed by atoms with Gasteiger partial charge in [0.15, 0.2) is 0 Å². The van der Waals surface area contributed by atoms with Crippen LogP contribution in [-0.2, 0) is 9.47 Å². The molecular formula is C19H20O7. The highest BCUT2D eigenvalue weighted by Gasteiger charge is 2.18. The van der Waals surface area contributed by atoms with Crippen LogP contribution in [-0.4, -0.2) is 55.7 Å². The zero-order valence-corrected chi connectivity index (χ0v) is 14.3. The fourth-order valence-electron chi connectivity index (χ4n) is 2.30. The second-order valence-corrected chi connectivity index (χ2v) is 5.21. The molecule has 138 valence electrons. The molecule has 2 rings (SSSR count). The average Bonchev–Trinajstić information content (AvgIpc) is 2.69. The molecule has 0 aromatic heterocycles. The van der Waals surface area contributed by atoms with E-state index in [9.17, 15) is 9.59 Å². The monoisotopic (exact) mass is 360 g/mol. The molecule has 0 fully saturated rings. The van der Waals surface area contributed by atoms with E-state index in [0.29, 0.717) is 11.3 Å². The van der Waals surface area contributed by atoms with Crippen molar-refractivity contribution in [3.05, 3.63) is 53.6 Å². The molecule has 2 N–H and O–H groups in total. The summed E-state index contributed by atoms with van der Waals surface area (Å²) >= 11 is 0. The van der Waals surface area contributed by atoms with Crippen LogP contribution in [0, 0.1) is 0 Å². The summed E-state index contributed by atoms with van der Waals surface area (Å²) in [4.78, 5) is 24.3. The number of esters is 2. The fourth-order valence-corrected chi connectivity index (χ4v) is 2.30. The highest BCUT2D eigenvalue weighted by Crippen LogP contribution is 2.27. The lowest BCUT2D eigenvalue weighted by Crippen LogP contribution is -2.13. The molecule has 0 bridgehead atoms. The van der Waals surface area contributed by atoms with E-state index in [4.69, 9.17) is 24.4 Å². The Morgan fingerprint density at radius 3 is 2.08 bits per heavy atom. The molecule has 0 atom stereocenters. The molecule has 0 amide bonds. The lowest BCUT2D eigenvalue weighted by atomic mass is 9.97. The number of aliphatic hydroxyl groups is 2. The van der Waals surface area contributed by atoms with Crippen molar-refractivity contribution in [1.82, 2.24) is 0 Å². The van der Waals surface area contributed by atoms with Crippen LogP contribution in [0.3, 0.4) is 0 Å². The van der Waals surface area contributed by atoms with Gasteiger partial charge in [0.2, 0.25) is 0 Å². The van der Waals surface area contributed by atoms with Crippen molar-refractivity contribution >= 4 is 11.9 Å². The molecule has 7 heteroatoms. The third-order valence-electron chi connectivity index (χ3n) is 3.53. The Labute approximate surface area is 150 Å². The van der Waals surface area contributed by atoms with Crippen LogP contribution in [0.4, 0.5) is 0 Å². The topological polar surface area (TPSA) is 102 Å². The first kappa shape index (κ1) is 19.4. The molecule has 0 spiro atoms. The zero-order chi connectivity index (χ0) is 18.9. The predicted octanol–water partition coefficient (Wildman–Crippen LogP) is 1.66. The SMILES string of the molecule is COc1ccc(-c2ccc(C(=O)OCCO)cc2C(=O)OCCO)cc1. The van der Waals surface area contributed by atoms with E-state index in [1.165, 1.54) is 12.1 Å². The van der Waals surface area contributed by atoms with Gasteiger partial charge in [-0.3, -0.25) is 0 Å². The third-order valence-corrected chi connectivity index (χ3v) is 3.53. The number of carbonyl (C=O) groups is 2. The average molecular weight is 360 g/mol. The van der Waals surface area contributed by atoms with Crippen molar-refractivity contribution in [3.8, 4) is 16.9 Å². The van der Waals surface area contributed by atoms with Gasteiger partial charge in [-0.2, -0.15) is 0 Å². The number of hydrogen-bond acceptors (Lipinski definition) is 7. The molecule has 7 nitrogen and oxygen atoms in total. The molecule has 0 unspecified atom stereocenters. The normalized spacial score (nSPS) is 10.3. The van der Waals surface area contributed by atoms with Gasteiger partial charge in [0.25, 0.3) is 0 Å². The zero-order valence-electron chi connectivity index (χ0n) is 14.3. The second-order valence-electron chi connectivity index (χ2n) is 5.21. The minimum Gasteiger partial charge on any atom is -0.497 e. The molecule has 2 aromatic carbocycles. The van der Waals surface area contributed by atoms with Crippen LogP contribution in [0.25, 0.3) is 11.1 Å². The summed E-state index contributed by atoms with van der Waals surface area (Å²) in [5.41, 5.74) is 1.63. The van der Waals surface area contributed by atoms with E-state index in [-0.39, 0.29) is 37.6 Å². The maximum Gasteiger partial charge on any atom is 0.338 e. The summed E-state index contributed by atoms with van der Waals surface area (Å²) < 4.78 is 15.0. The van der Waals surface area contributed by atoms with Crippen molar-refractivity contribution in [2.45, 2.75) is 0 Å². The minimum atomic E-state index is -0.665. The Kier molecular flexibility index (Phi) is 7.13. The standard InChI is InChI=1S/C19H20O7/c1-24-15-5-2-13(3-6-15)16-7-4-14(18(22)25-10-8-20)12-17(16)19(23)26-11-9-21/h2-7,12,20-21H,8-11H2,1H3. The Bertz CT molecular complexity index is 753. The number of methoxy groups -OCH3 is 1. The summed E-state index contributed by atoms with van der Waals surface area (Å²) in [6.07, 6.45) is 0. The van der Waals surface area contributed by atoms with Gasteiger partial charge in [0.1, 0.15) is 19.0 Å². The van der Waals surface area contributed by atoms with Crippen molar-refractivity contribution in [1.29, 1.82) is 0 Å². The van der Waals surface area contributed by atoms with E-state index in [0.717, 1.165) is 5.56 Å². The summed E-state index contributed by atoms with van der Waals surface area (Å²) in [5, 5.41) is 17.6. The van der Waals surface area contributed by atoms with E-state index in [1.807, 2.05) is 0 Å². The molecule has 0 aliphatic heterocycles. The Hall–Kier alpha value is -2.90. The number of rotatable bonds is 8. The minimum absolute atomic E-state index is 0.136. The van der Waals surface area contributed by atoms with Crippen LogP contribution in [0.5, 0.6) is 5.75 Å². The number of ether oxygens (including phenoxy) is 3. The molecule has 0 saturated heterocycles. The Morgan fingerprint density at radius 1 is 0.885 bits per heavy atom. The molecule has 26 heavy (non-hydrogen) atoms. The van der Waals surface area contributed by atoms with Gasteiger partial charge in [-0.1, -0.05) is 18.2 Å². The highest BCUT2D eigenvalue weighted by molar-refractivity contribution is 6.01. The second kappa shape index (κ2) is 9.55. The van der Waals surface area contributed by atoms with Crippen molar-refractivity contribution < 1.29 is 34.0 Å². The molecule has 0 aliphatic rings. The number of carbonyl (C=O) groups excluding carboxylic acids is 2. The lowest BCUT2D eigenvalue weighted by Gasteiger charge is -2.12. The first-order valence-electron chi connectivity index (χ1n) is 7.95. The maximum absolute atomic E-state index is 12.4. The van der Waals surface area contributed by atoms with Gasteiger partial charge in [0.05, 0.1) is 31.5 Å². The Balaban J connectivity index is 2.41. The molecular weight excluding hydrogens is 340 g/mol. The van der Waals surface area contributed by atoms with E-state index >= 15 is 0 Å². The quantitative estimate of drug-likeness (QED) is 0.690. The van der Waals surface area contributed by atoms with Gasteiger partial charge in [-0.15, -0.1) is 0 Å². The molecule has 2 aromatic rings. The van der Waals surface area contributed by atoms with Crippen molar-refractivity contribution in [2.75, 3.05) is 33.5 Å². The highest BCUT2D eigenvalue weighted by atomic mass is 16.5. The first-order valence-corrected chi connectivity index (χ1v) is 7.95. The smallest absolute Gasteiger partial charge is 0.338 e. The number of aliphatic hydroxyl groups excluding tert-OH is 2. The fraction of sp³-hybridized carbons (Fsp3) is 0.263.